The molecule has 118 valence electrons. The van der Waals surface area contributed by atoms with Crippen molar-refractivity contribution in [3.8, 4) is 0 Å². The average Bonchev–Trinajstić information content (AvgIpc) is 2.92. The lowest BCUT2D eigenvalue weighted by Gasteiger charge is -2.27. The molecule has 2 atom stereocenters. The smallest absolute Gasteiger partial charge is 0.0576 e. The van der Waals surface area contributed by atoms with Crippen molar-refractivity contribution in [1.29, 1.82) is 0 Å². The topological polar surface area (TPSA) is 21.3 Å². The Bertz CT molecular complexity index is 435. The van der Waals surface area contributed by atoms with Crippen molar-refractivity contribution >= 4 is 15.9 Å². The third-order valence-electron chi connectivity index (χ3n) is 4.08. The van der Waals surface area contributed by atoms with Gasteiger partial charge in [0.15, 0.2) is 0 Å². The molecule has 21 heavy (non-hydrogen) atoms. The first kappa shape index (κ1) is 17.0. The summed E-state index contributed by atoms with van der Waals surface area (Å²) in [7, 11) is 0. The van der Waals surface area contributed by atoms with Crippen LogP contribution >= 0.6 is 15.9 Å². The zero-order valence-electron chi connectivity index (χ0n) is 13.5. The average molecular weight is 354 g/mol. The fourth-order valence-electron chi connectivity index (χ4n) is 2.86. The van der Waals surface area contributed by atoms with Crippen LogP contribution in [0.1, 0.15) is 57.9 Å². The molecule has 2 nitrogen and oxygen atoms in total. The summed E-state index contributed by atoms with van der Waals surface area (Å²) in [5.41, 5.74) is 1.57. The van der Waals surface area contributed by atoms with Crippen molar-refractivity contribution < 1.29 is 4.74 Å². The molecule has 2 rings (SSSR count). The minimum Gasteiger partial charge on any atom is -0.378 e. The summed E-state index contributed by atoms with van der Waals surface area (Å²) in [5.74, 6) is 0.531. The van der Waals surface area contributed by atoms with Crippen LogP contribution in [-0.4, -0.2) is 24.8 Å². The molecule has 1 aromatic carbocycles. The van der Waals surface area contributed by atoms with E-state index in [1.807, 2.05) is 0 Å². The predicted molar refractivity (Wildman–Crippen MR) is 92.8 cm³/mol. The second-order valence-corrected chi connectivity index (χ2v) is 7.92. The summed E-state index contributed by atoms with van der Waals surface area (Å²) in [4.78, 5) is 0. The summed E-state index contributed by atoms with van der Waals surface area (Å²) in [6.07, 6.45) is 5.28. The maximum absolute atomic E-state index is 5.78. The third-order valence-corrected chi connectivity index (χ3v) is 4.81. The van der Waals surface area contributed by atoms with Crippen molar-refractivity contribution in [2.24, 2.45) is 0 Å². The first-order valence-electron chi connectivity index (χ1n) is 8.07. The minimum absolute atomic E-state index is 0.156. The van der Waals surface area contributed by atoms with Crippen LogP contribution < -0.4 is 5.32 Å². The molecule has 1 aliphatic heterocycles. The molecule has 0 spiro atoms. The van der Waals surface area contributed by atoms with Gasteiger partial charge in [0.25, 0.3) is 0 Å². The molecule has 1 aliphatic rings. The van der Waals surface area contributed by atoms with Gasteiger partial charge in [-0.3, -0.25) is 0 Å². The van der Waals surface area contributed by atoms with Crippen LogP contribution in [0.25, 0.3) is 0 Å². The van der Waals surface area contributed by atoms with E-state index in [2.05, 4.69) is 66.3 Å². The summed E-state index contributed by atoms with van der Waals surface area (Å²) in [6.45, 7) is 8.64. The van der Waals surface area contributed by atoms with Gasteiger partial charge in [-0.05, 0) is 64.0 Å². The maximum Gasteiger partial charge on any atom is 0.0576 e. The molecule has 0 aromatic heterocycles. The Kier molecular flexibility index (Phi) is 6.27. The fraction of sp³-hybridized carbons (Fsp3) is 0.667. The van der Waals surface area contributed by atoms with E-state index < -0.39 is 0 Å². The molecular formula is C18H28BrNO. The molecule has 3 heteroatoms. The Balaban J connectivity index is 2.00. The highest BCUT2D eigenvalue weighted by atomic mass is 79.9. The Morgan fingerprint density at radius 3 is 2.71 bits per heavy atom. The largest absolute Gasteiger partial charge is 0.378 e. The van der Waals surface area contributed by atoms with Gasteiger partial charge >= 0.3 is 0 Å². The lowest BCUT2D eigenvalue weighted by molar-refractivity contribution is 0.100. The lowest BCUT2D eigenvalue weighted by atomic mass is 9.91. The number of rotatable bonds is 6. The SMILES string of the molecule is CC(C)(C)NCC(CCC1CCCO1)c1ccccc1Br. The Hall–Kier alpha value is -0.380. The highest BCUT2D eigenvalue weighted by Gasteiger charge is 2.21. The number of halogens is 1. The van der Waals surface area contributed by atoms with E-state index in [-0.39, 0.29) is 5.54 Å². The van der Waals surface area contributed by atoms with Crippen molar-refractivity contribution in [2.75, 3.05) is 13.2 Å². The van der Waals surface area contributed by atoms with Crippen LogP contribution in [0.3, 0.4) is 0 Å². The summed E-state index contributed by atoms with van der Waals surface area (Å²) >= 11 is 3.71. The highest BCUT2D eigenvalue weighted by molar-refractivity contribution is 9.10. The zero-order valence-corrected chi connectivity index (χ0v) is 15.1. The van der Waals surface area contributed by atoms with Gasteiger partial charge in [-0.1, -0.05) is 34.1 Å². The van der Waals surface area contributed by atoms with E-state index in [0.717, 1.165) is 19.6 Å². The van der Waals surface area contributed by atoms with Crippen molar-refractivity contribution in [1.82, 2.24) is 5.32 Å². The highest BCUT2D eigenvalue weighted by Crippen LogP contribution is 2.30. The van der Waals surface area contributed by atoms with E-state index in [9.17, 15) is 0 Å². The number of nitrogens with one attached hydrogen (secondary N) is 1. The van der Waals surface area contributed by atoms with Gasteiger partial charge < -0.3 is 10.1 Å². The molecule has 0 aliphatic carbocycles. The van der Waals surface area contributed by atoms with Crippen LogP contribution in [0.2, 0.25) is 0 Å². The van der Waals surface area contributed by atoms with Gasteiger partial charge in [-0.25, -0.2) is 0 Å². The molecule has 0 bridgehead atoms. The van der Waals surface area contributed by atoms with Crippen LogP contribution in [0.5, 0.6) is 0 Å². The van der Waals surface area contributed by atoms with Gasteiger partial charge in [-0.2, -0.15) is 0 Å². The molecule has 1 heterocycles. The van der Waals surface area contributed by atoms with Crippen LogP contribution in [0.15, 0.2) is 28.7 Å². The molecule has 1 N–H and O–H groups in total. The van der Waals surface area contributed by atoms with E-state index >= 15 is 0 Å². The summed E-state index contributed by atoms with van der Waals surface area (Å²) in [6, 6.07) is 8.61. The third kappa shape index (κ3) is 5.72. The normalized spacial score (nSPS) is 20.7. The second kappa shape index (κ2) is 7.75. The number of hydrogen-bond donors (Lipinski definition) is 1. The first-order chi connectivity index (χ1) is 9.96. The first-order valence-corrected chi connectivity index (χ1v) is 8.86. The van der Waals surface area contributed by atoms with Gasteiger partial charge in [0.1, 0.15) is 0 Å². The molecule has 1 saturated heterocycles. The van der Waals surface area contributed by atoms with Crippen molar-refractivity contribution in [3.05, 3.63) is 34.3 Å². The Morgan fingerprint density at radius 1 is 1.33 bits per heavy atom. The molecule has 0 saturated carbocycles. The predicted octanol–water partition coefficient (Wildman–Crippen LogP) is 4.88. The van der Waals surface area contributed by atoms with Gasteiger partial charge in [-0.15, -0.1) is 0 Å². The molecule has 2 unspecified atom stereocenters. The Labute approximate surface area is 137 Å². The van der Waals surface area contributed by atoms with Gasteiger partial charge in [0.05, 0.1) is 6.10 Å². The van der Waals surface area contributed by atoms with E-state index in [0.29, 0.717) is 12.0 Å². The summed E-state index contributed by atoms with van der Waals surface area (Å²) < 4.78 is 7.00. The van der Waals surface area contributed by atoms with Crippen molar-refractivity contribution in [2.45, 2.75) is 64.0 Å². The molecule has 0 amide bonds. The second-order valence-electron chi connectivity index (χ2n) is 7.06. The number of ether oxygens (including phenoxy) is 1. The van der Waals surface area contributed by atoms with Crippen LogP contribution in [0, 0.1) is 0 Å². The lowest BCUT2D eigenvalue weighted by Crippen LogP contribution is -2.38. The number of benzene rings is 1. The molecular weight excluding hydrogens is 326 g/mol. The Morgan fingerprint density at radius 2 is 2.10 bits per heavy atom. The molecule has 1 fully saturated rings. The van der Waals surface area contributed by atoms with E-state index in [1.165, 1.54) is 29.3 Å². The van der Waals surface area contributed by atoms with Gasteiger partial charge in [0, 0.05) is 23.2 Å². The van der Waals surface area contributed by atoms with E-state index in [4.69, 9.17) is 4.74 Å². The molecule has 1 aromatic rings. The monoisotopic (exact) mass is 353 g/mol. The minimum atomic E-state index is 0.156. The van der Waals surface area contributed by atoms with E-state index in [1.54, 1.807) is 0 Å². The molecule has 0 radical (unpaired) electrons. The van der Waals surface area contributed by atoms with Crippen LogP contribution in [-0.2, 0) is 4.74 Å². The fourth-order valence-corrected chi connectivity index (χ4v) is 3.47. The van der Waals surface area contributed by atoms with Crippen LogP contribution in [0.4, 0.5) is 0 Å². The van der Waals surface area contributed by atoms with Crippen molar-refractivity contribution in [3.63, 3.8) is 0 Å². The van der Waals surface area contributed by atoms with Gasteiger partial charge in [0.2, 0.25) is 0 Å². The zero-order chi connectivity index (χ0) is 15.3. The summed E-state index contributed by atoms with van der Waals surface area (Å²) in [5, 5.41) is 3.66. The quantitative estimate of drug-likeness (QED) is 0.786. The maximum atomic E-state index is 5.78. The number of hydrogen-bond acceptors (Lipinski definition) is 2. The standard InChI is InChI=1S/C18H28BrNO/c1-18(2,3)20-13-14(10-11-15-7-6-12-21-15)16-8-4-5-9-17(16)19/h4-5,8-9,14-15,20H,6-7,10-13H2,1-3H3.